The Labute approximate surface area is 97.5 Å². The van der Waals surface area contributed by atoms with Crippen LogP contribution in [0.5, 0.6) is 0 Å². The van der Waals surface area contributed by atoms with Crippen molar-refractivity contribution in [1.29, 1.82) is 0 Å². The molecular formula is C13H8ClFO. The van der Waals surface area contributed by atoms with Crippen molar-refractivity contribution < 1.29 is 9.18 Å². The summed E-state index contributed by atoms with van der Waals surface area (Å²) in [6.07, 6.45) is 0. The zero-order chi connectivity index (χ0) is 11.5. The number of rotatable bonds is 2. The van der Waals surface area contributed by atoms with Crippen molar-refractivity contribution in [3.8, 4) is 0 Å². The van der Waals surface area contributed by atoms with Gasteiger partial charge in [0.25, 0.3) is 0 Å². The van der Waals surface area contributed by atoms with Gasteiger partial charge >= 0.3 is 0 Å². The van der Waals surface area contributed by atoms with E-state index >= 15 is 0 Å². The third-order valence-electron chi connectivity index (χ3n) is 2.23. The van der Waals surface area contributed by atoms with Crippen LogP contribution in [0.25, 0.3) is 0 Å². The van der Waals surface area contributed by atoms with Crippen LogP contribution in [-0.4, -0.2) is 5.78 Å². The summed E-state index contributed by atoms with van der Waals surface area (Å²) < 4.78 is 13.2. The van der Waals surface area contributed by atoms with Crippen LogP contribution in [0, 0.1) is 5.82 Å². The van der Waals surface area contributed by atoms with E-state index in [1.807, 2.05) is 6.07 Å². The molecule has 1 nitrogen and oxygen atoms in total. The molecule has 0 radical (unpaired) electrons. The zero-order valence-corrected chi connectivity index (χ0v) is 9.04. The van der Waals surface area contributed by atoms with Crippen molar-refractivity contribution >= 4 is 17.4 Å². The van der Waals surface area contributed by atoms with Crippen LogP contribution in [0.4, 0.5) is 4.39 Å². The van der Waals surface area contributed by atoms with Crippen LogP contribution in [0.1, 0.15) is 15.9 Å². The predicted molar refractivity (Wildman–Crippen MR) is 61.3 cm³/mol. The first-order valence-corrected chi connectivity index (χ1v) is 5.11. The topological polar surface area (TPSA) is 17.1 Å². The molecule has 0 saturated carbocycles. The van der Waals surface area contributed by atoms with Gasteiger partial charge in [-0.2, -0.15) is 0 Å². The largest absolute Gasteiger partial charge is 0.289 e. The van der Waals surface area contributed by atoms with Gasteiger partial charge < -0.3 is 0 Å². The van der Waals surface area contributed by atoms with Crippen molar-refractivity contribution in [3.05, 3.63) is 70.5 Å². The lowest BCUT2D eigenvalue weighted by Crippen LogP contribution is -2.02. The van der Waals surface area contributed by atoms with E-state index in [1.54, 1.807) is 24.3 Å². The van der Waals surface area contributed by atoms with Gasteiger partial charge in [0.05, 0.1) is 5.02 Å². The molecule has 0 fully saturated rings. The van der Waals surface area contributed by atoms with Crippen LogP contribution in [-0.2, 0) is 0 Å². The maximum Gasteiger partial charge on any atom is 0.194 e. The number of carbonyl (C=O) groups excluding carboxylic acids is 1. The smallest absolute Gasteiger partial charge is 0.194 e. The van der Waals surface area contributed by atoms with Crippen LogP contribution < -0.4 is 0 Å². The molecule has 0 unspecified atom stereocenters. The molecule has 0 saturated heterocycles. The van der Waals surface area contributed by atoms with E-state index in [4.69, 9.17) is 11.6 Å². The number of hydrogen-bond donors (Lipinski definition) is 0. The number of benzene rings is 2. The quantitative estimate of drug-likeness (QED) is 0.724. The molecule has 0 amide bonds. The molecule has 0 aliphatic carbocycles. The summed E-state index contributed by atoms with van der Waals surface area (Å²) in [7, 11) is 0. The molecule has 0 heterocycles. The third-order valence-corrected chi connectivity index (χ3v) is 2.62. The van der Waals surface area contributed by atoms with Gasteiger partial charge in [-0.1, -0.05) is 48.0 Å². The Kier molecular flexibility index (Phi) is 3.02. The molecule has 0 aliphatic rings. The highest BCUT2D eigenvalue weighted by atomic mass is 35.5. The minimum absolute atomic E-state index is 0.128. The Hall–Kier alpha value is -1.67. The van der Waals surface area contributed by atoms with E-state index in [1.165, 1.54) is 18.2 Å². The second kappa shape index (κ2) is 4.45. The summed E-state index contributed by atoms with van der Waals surface area (Å²) in [6.45, 7) is 0. The Bertz CT molecular complexity index is 523. The van der Waals surface area contributed by atoms with Crippen LogP contribution >= 0.6 is 11.6 Å². The highest BCUT2D eigenvalue weighted by molar-refractivity contribution is 6.35. The summed E-state index contributed by atoms with van der Waals surface area (Å²) in [5, 5.41) is -0.128. The molecule has 0 bridgehead atoms. The lowest BCUT2D eigenvalue weighted by Gasteiger charge is -2.03. The molecule has 0 N–H and O–H groups in total. The van der Waals surface area contributed by atoms with Crippen molar-refractivity contribution in [2.24, 2.45) is 0 Å². The highest BCUT2D eigenvalue weighted by Crippen LogP contribution is 2.22. The first-order valence-electron chi connectivity index (χ1n) is 4.74. The first kappa shape index (κ1) is 10.8. The lowest BCUT2D eigenvalue weighted by atomic mass is 10.0. The van der Waals surface area contributed by atoms with Gasteiger partial charge in [-0.3, -0.25) is 4.79 Å². The Morgan fingerprint density at radius 1 is 1.00 bits per heavy atom. The predicted octanol–water partition coefficient (Wildman–Crippen LogP) is 3.71. The lowest BCUT2D eigenvalue weighted by molar-refractivity contribution is 0.103. The van der Waals surface area contributed by atoms with E-state index in [0.717, 1.165) is 0 Å². The van der Waals surface area contributed by atoms with E-state index < -0.39 is 5.82 Å². The minimum Gasteiger partial charge on any atom is -0.289 e. The van der Waals surface area contributed by atoms with Crippen LogP contribution in [0.3, 0.4) is 0 Å². The zero-order valence-electron chi connectivity index (χ0n) is 8.28. The molecule has 80 valence electrons. The number of hydrogen-bond acceptors (Lipinski definition) is 1. The Balaban J connectivity index is 2.46. The minimum atomic E-state index is -0.580. The molecule has 0 aliphatic heterocycles. The summed E-state index contributed by atoms with van der Waals surface area (Å²) in [6, 6.07) is 12.9. The SMILES string of the molecule is O=C(c1ccccc1)c1cccc(F)c1Cl. The summed E-state index contributed by atoms with van der Waals surface area (Å²) in [5.41, 5.74) is 0.683. The van der Waals surface area contributed by atoms with Crippen molar-refractivity contribution in [2.45, 2.75) is 0 Å². The van der Waals surface area contributed by atoms with Crippen LogP contribution in [0.15, 0.2) is 48.5 Å². The third kappa shape index (κ3) is 1.97. The second-order valence-corrected chi connectivity index (χ2v) is 3.67. The molecular weight excluding hydrogens is 227 g/mol. The van der Waals surface area contributed by atoms with Gasteiger partial charge in [0.1, 0.15) is 5.82 Å². The molecule has 2 aromatic carbocycles. The summed E-state index contributed by atoms with van der Waals surface area (Å²) in [4.78, 5) is 12.0. The normalized spacial score (nSPS) is 10.1. The standard InChI is InChI=1S/C13H8ClFO/c14-12-10(7-4-8-11(12)15)13(16)9-5-2-1-3-6-9/h1-8H. The molecule has 2 rings (SSSR count). The summed E-state index contributed by atoms with van der Waals surface area (Å²) >= 11 is 5.74. The second-order valence-electron chi connectivity index (χ2n) is 3.30. The maximum atomic E-state index is 13.2. The average Bonchev–Trinajstić information content (AvgIpc) is 2.33. The van der Waals surface area contributed by atoms with Crippen molar-refractivity contribution in [2.75, 3.05) is 0 Å². The fourth-order valence-electron chi connectivity index (χ4n) is 1.42. The van der Waals surface area contributed by atoms with Gasteiger partial charge in [-0.25, -0.2) is 4.39 Å². The van der Waals surface area contributed by atoms with Gasteiger partial charge in [0.15, 0.2) is 5.78 Å². The van der Waals surface area contributed by atoms with Gasteiger partial charge in [-0.15, -0.1) is 0 Å². The number of halogens is 2. The molecule has 0 aromatic heterocycles. The fourth-order valence-corrected chi connectivity index (χ4v) is 1.64. The average molecular weight is 235 g/mol. The molecule has 0 atom stereocenters. The maximum absolute atomic E-state index is 13.2. The molecule has 3 heteroatoms. The van der Waals surface area contributed by atoms with E-state index in [0.29, 0.717) is 5.56 Å². The Morgan fingerprint density at radius 3 is 2.38 bits per heavy atom. The van der Waals surface area contributed by atoms with E-state index in [9.17, 15) is 9.18 Å². The monoisotopic (exact) mass is 234 g/mol. The van der Waals surface area contributed by atoms with Crippen molar-refractivity contribution in [3.63, 3.8) is 0 Å². The van der Waals surface area contributed by atoms with Gasteiger partial charge in [0, 0.05) is 11.1 Å². The Morgan fingerprint density at radius 2 is 1.69 bits per heavy atom. The molecule has 0 spiro atoms. The summed E-state index contributed by atoms with van der Waals surface area (Å²) in [5.74, 6) is -0.853. The molecule has 16 heavy (non-hydrogen) atoms. The van der Waals surface area contributed by atoms with Crippen molar-refractivity contribution in [1.82, 2.24) is 0 Å². The van der Waals surface area contributed by atoms with E-state index in [2.05, 4.69) is 0 Å². The van der Waals surface area contributed by atoms with E-state index in [-0.39, 0.29) is 16.4 Å². The molecule has 2 aromatic rings. The first-order chi connectivity index (χ1) is 7.70. The number of carbonyl (C=O) groups is 1. The highest BCUT2D eigenvalue weighted by Gasteiger charge is 2.14. The van der Waals surface area contributed by atoms with Gasteiger partial charge in [0.2, 0.25) is 0 Å². The van der Waals surface area contributed by atoms with Gasteiger partial charge in [-0.05, 0) is 12.1 Å². The number of ketones is 1. The fraction of sp³-hybridized carbons (Fsp3) is 0. The van der Waals surface area contributed by atoms with Crippen LogP contribution in [0.2, 0.25) is 5.02 Å².